The molecule has 2 atom stereocenters. The van der Waals surface area contributed by atoms with Gasteiger partial charge in [-0.15, -0.1) is 0 Å². The van der Waals surface area contributed by atoms with Gasteiger partial charge in [0.1, 0.15) is 0 Å². The Kier molecular flexibility index (Phi) is 5.86. The number of aromatic nitrogens is 4. The largest absolute Gasteiger partial charge is 0.481 e. The van der Waals surface area contributed by atoms with Crippen molar-refractivity contribution in [1.82, 2.24) is 19.9 Å². The number of carbonyl (C=O) groups is 2. The molecule has 2 aliphatic heterocycles. The first kappa shape index (κ1) is 25.3. The van der Waals surface area contributed by atoms with E-state index in [9.17, 15) is 14.7 Å². The van der Waals surface area contributed by atoms with Crippen LogP contribution in [0.2, 0.25) is 0 Å². The third-order valence-electron chi connectivity index (χ3n) is 9.09. The fraction of sp³-hybridized carbons (Fsp3) is 0.375. The van der Waals surface area contributed by atoms with Crippen LogP contribution in [0.4, 0.5) is 0 Å². The first-order valence-electron chi connectivity index (χ1n) is 13.8. The van der Waals surface area contributed by atoms with Crippen molar-refractivity contribution in [2.75, 3.05) is 0 Å². The van der Waals surface area contributed by atoms with E-state index in [1.165, 1.54) is 16.7 Å². The van der Waals surface area contributed by atoms with Crippen LogP contribution in [-0.4, -0.2) is 36.8 Å². The van der Waals surface area contributed by atoms with E-state index in [4.69, 9.17) is 9.97 Å². The number of aromatic amines is 2. The highest BCUT2D eigenvalue weighted by Gasteiger charge is 2.35. The number of carboxylic acids is 1. The van der Waals surface area contributed by atoms with Gasteiger partial charge in [-0.1, -0.05) is 13.8 Å². The van der Waals surface area contributed by atoms with Crippen molar-refractivity contribution in [3.05, 3.63) is 68.8 Å². The summed E-state index contributed by atoms with van der Waals surface area (Å²) in [4.78, 5) is 42.2. The maximum atomic E-state index is 13.3. The van der Waals surface area contributed by atoms with E-state index in [0.29, 0.717) is 6.42 Å². The number of aliphatic carboxylic acids is 1. The van der Waals surface area contributed by atoms with E-state index in [1.807, 2.05) is 6.92 Å². The molecular weight excluding hydrogens is 488 g/mol. The van der Waals surface area contributed by atoms with Crippen molar-refractivity contribution in [3.63, 3.8) is 0 Å². The number of hydrogen-bond acceptors (Lipinski definition) is 4. The SMILES string of the molecule is CCC1=C(C)c2cc3[nH]c(cc4nc(c5c6[nH]c(cc1n2)c(C)c6C(=O)C5)[C@@H](CCC(=O)O)[C@@H]4C)c(C)c3C. The molecule has 39 heavy (non-hydrogen) atoms. The summed E-state index contributed by atoms with van der Waals surface area (Å²) in [5, 5.41) is 9.48. The number of nitrogens with zero attached hydrogens (tertiary/aromatic N) is 2. The van der Waals surface area contributed by atoms with Gasteiger partial charge in [-0.3, -0.25) is 14.6 Å². The number of nitrogens with one attached hydrogen (secondary N) is 2. The Bertz CT molecular complexity index is 1790. The Morgan fingerprint density at radius 2 is 1.64 bits per heavy atom. The van der Waals surface area contributed by atoms with Gasteiger partial charge in [-0.25, -0.2) is 4.98 Å². The highest BCUT2D eigenvalue weighted by molar-refractivity contribution is 6.13. The van der Waals surface area contributed by atoms with E-state index in [1.54, 1.807) is 0 Å². The van der Waals surface area contributed by atoms with Crippen LogP contribution in [0.1, 0.15) is 107 Å². The topological polar surface area (TPSA) is 112 Å². The molecule has 1 aliphatic carbocycles. The maximum Gasteiger partial charge on any atom is 0.303 e. The minimum Gasteiger partial charge on any atom is -0.481 e. The molecule has 5 heterocycles. The molecule has 8 bridgehead atoms. The molecule has 0 saturated heterocycles. The van der Waals surface area contributed by atoms with Gasteiger partial charge < -0.3 is 15.1 Å². The van der Waals surface area contributed by atoms with E-state index in [0.717, 1.165) is 73.5 Å². The van der Waals surface area contributed by atoms with Crippen molar-refractivity contribution >= 4 is 45.0 Å². The molecule has 3 N–H and O–H groups in total. The molecule has 6 rings (SSSR count). The summed E-state index contributed by atoms with van der Waals surface area (Å²) in [5.41, 5.74) is 14.6. The number of hydrogen-bond donors (Lipinski definition) is 3. The second-order valence-electron chi connectivity index (χ2n) is 11.2. The van der Waals surface area contributed by atoms with Crippen molar-refractivity contribution in [2.24, 2.45) is 0 Å². The summed E-state index contributed by atoms with van der Waals surface area (Å²) in [7, 11) is 0. The van der Waals surface area contributed by atoms with E-state index < -0.39 is 5.97 Å². The summed E-state index contributed by atoms with van der Waals surface area (Å²) in [5.74, 6) is -0.801. The van der Waals surface area contributed by atoms with E-state index in [-0.39, 0.29) is 30.5 Å². The summed E-state index contributed by atoms with van der Waals surface area (Å²) in [6.07, 6.45) is 1.66. The second-order valence-corrected chi connectivity index (χ2v) is 11.2. The lowest BCUT2D eigenvalue weighted by molar-refractivity contribution is -0.137. The highest BCUT2D eigenvalue weighted by Crippen LogP contribution is 2.44. The van der Waals surface area contributed by atoms with Gasteiger partial charge in [-0.05, 0) is 86.6 Å². The van der Waals surface area contributed by atoms with Gasteiger partial charge in [0.2, 0.25) is 0 Å². The monoisotopic (exact) mass is 522 g/mol. The van der Waals surface area contributed by atoms with Gasteiger partial charge in [0.15, 0.2) is 5.78 Å². The van der Waals surface area contributed by atoms with Crippen LogP contribution in [0, 0.1) is 20.8 Å². The van der Waals surface area contributed by atoms with Crippen molar-refractivity contribution < 1.29 is 14.7 Å². The molecule has 0 spiro atoms. The molecule has 3 aromatic rings. The summed E-state index contributed by atoms with van der Waals surface area (Å²) in [6, 6.07) is 6.29. The first-order valence-corrected chi connectivity index (χ1v) is 13.8. The highest BCUT2D eigenvalue weighted by atomic mass is 16.4. The number of ketones is 1. The average Bonchev–Trinajstić information content (AvgIpc) is 3.63. The van der Waals surface area contributed by atoms with Crippen LogP contribution in [-0.2, 0) is 11.2 Å². The molecular formula is C32H34N4O3. The molecule has 3 aliphatic rings. The Morgan fingerprint density at radius 1 is 0.974 bits per heavy atom. The summed E-state index contributed by atoms with van der Waals surface area (Å²) in [6.45, 7) is 12.6. The number of carboxylic acid groups (broad SMARTS) is 1. The fourth-order valence-corrected chi connectivity index (χ4v) is 6.56. The molecule has 7 nitrogen and oxygen atoms in total. The Balaban J connectivity index is 1.76. The Labute approximate surface area is 227 Å². The zero-order valence-electron chi connectivity index (χ0n) is 23.4. The van der Waals surface area contributed by atoms with Crippen LogP contribution in [0.3, 0.4) is 0 Å². The number of fused-ring (bicyclic) bond motifs is 8. The number of carbonyl (C=O) groups excluding carboxylic acids is 1. The average molecular weight is 523 g/mol. The second kappa shape index (κ2) is 9.04. The quantitative estimate of drug-likeness (QED) is 0.339. The zero-order chi connectivity index (χ0) is 27.7. The van der Waals surface area contributed by atoms with Crippen LogP contribution in [0.15, 0.2) is 18.2 Å². The third kappa shape index (κ3) is 3.86. The Morgan fingerprint density at radius 3 is 2.33 bits per heavy atom. The molecule has 0 fully saturated rings. The lowest BCUT2D eigenvalue weighted by Gasteiger charge is -2.16. The molecule has 200 valence electrons. The van der Waals surface area contributed by atoms with E-state index >= 15 is 0 Å². The zero-order valence-corrected chi connectivity index (χ0v) is 23.4. The van der Waals surface area contributed by atoms with Crippen molar-refractivity contribution in [2.45, 2.75) is 79.1 Å². The van der Waals surface area contributed by atoms with Crippen molar-refractivity contribution in [1.29, 1.82) is 0 Å². The van der Waals surface area contributed by atoms with Gasteiger partial charge in [0.05, 0.1) is 22.6 Å². The van der Waals surface area contributed by atoms with Crippen LogP contribution < -0.4 is 0 Å². The van der Waals surface area contributed by atoms with Gasteiger partial charge in [-0.2, -0.15) is 0 Å². The molecule has 0 radical (unpaired) electrons. The standard InChI is InChI=1S/C32H34N4O3/c1-7-19-16(4)24-11-22-14(2)15(3)23(33-22)12-25-17(5)20(8-9-29(38)39)31(35-25)21-10-28(37)30-18(6)26(36-32(21)30)13-27(19)34-24/h11-13,17,20,33,36H,7-10H2,1-6H3,(H,38,39)/t17-,20-/m0/s1. The minimum atomic E-state index is -0.822. The van der Waals surface area contributed by atoms with Gasteiger partial charge in [0, 0.05) is 58.0 Å². The predicted octanol–water partition coefficient (Wildman–Crippen LogP) is 7.07. The first-order chi connectivity index (χ1) is 18.6. The van der Waals surface area contributed by atoms with Gasteiger partial charge in [0.25, 0.3) is 0 Å². The number of rotatable bonds is 4. The summed E-state index contributed by atoms with van der Waals surface area (Å²) >= 11 is 0. The fourth-order valence-electron chi connectivity index (χ4n) is 6.56. The minimum absolute atomic E-state index is 0.0208. The predicted molar refractivity (Wildman–Crippen MR) is 154 cm³/mol. The van der Waals surface area contributed by atoms with Gasteiger partial charge >= 0.3 is 5.97 Å². The molecule has 0 unspecified atom stereocenters. The Hall–Kier alpha value is -4.00. The number of Topliss-reactive ketones (excluding diaryl/α,β-unsaturated/α-hetero) is 1. The molecule has 7 heteroatoms. The van der Waals surface area contributed by atoms with Crippen LogP contribution in [0.25, 0.3) is 33.2 Å². The summed E-state index contributed by atoms with van der Waals surface area (Å²) < 4.78 is 0. The normalized spacial score (nSPS) is 18.4. The van der Waals surface area contributed by atoms with Crippen molar-refractivity contribution in [3.8, 4) is 0 Å². The number of allylic oxidation sites excluding steroid dienone is 2. The van der Waals surface area contributed by atoms with Crippen LogP contribution >= 0.6 is 0 Å². The van der Waals surface area contributed by atoms with Crippen LogP contribution in [0.5, 0.6) is 0 Å². The molecule has 3 aromatic heterocycles. The maximum absolute atomic E-state index is 13.3. The number of aryl methyl sites for hydroxylation is 3. The lowest BCUT2D eigenvalue weighted by Crippen LogP contribution is -2.08. The third-order valence-corrected chi connectivity index (χ3v) is 9.09. The molecule has 0 aromatic carbocycles. The van der Waals surface area contributed by atoms with E-state index in [2.05, 4.69) is 62.8 Å². The molecule has 0 saturated carbocycles. The smallest absolute Gasteiger partial charge is 0.303 e. The number of H-pyrrole nitrogens is 2. The molecule has 0 amide bonds. The lowest BCUT2D eigenvalue weighted by atomic mass is 9.85.